The summed E-state index contributed by atoms with van der Waals surface area (Å²) in [5.41, 5.74) is 0. The van der Waals surface area contributed by atoms with Crippen LogP contribution in [-0.4, -0.2) is 47.9 Å². The van der Waals surface area contributed by atoms with Gasteiger partial charge in [0.1, 0.15) is 6.04 Å². The molecule has 1 aliphatic heterocycles. The molecule has 1 unspecified atom stereocenters. The Hall–Kier alpha value is -2.31. The predicted molar refractivity (Wildman–Crippen MR) is 95.4 cm³/mol. The zero-order valence-corrected chi connectivity index (χ0v) is 15.7. The van der Waals surface area contributed by atoms with Crippen LogP contribution in [0.2, 0.25) is 0 Å². The first-order chi connectivity index (χ1) is 12.4. The number of ether oxygens (including phenoxy) is 1. The molecular weight excluding hydrogens is 336 g/mol. The van der Waals surface area contributed by atoms with Crippen molar-refractivity contribution in [2.45, 2.75) is 58.5 Å². The fraction of sp³-hybridized carbons (Fsp3) is 0.632. The average Bonchev–Trinajstić information content (AvgIpc) is 3.18. The van der Waals surface area contributed by atoms with Crippen molar-refractivity contribution in [3.8, 4) is 0 Å². The summed E-state index contributed by atoms with van der Waals surface area (Å²) in [5, 5.41) is 2.61. The minimum atomic E-state index is -0.844. The smallest absolute Gasteiger partial charge is 0.329 e. The summed E-state index contributed by atoms with van der Waals surface area (Å²) < 4.78 is 10.2. The van der Waals surface area contributed by atoms with Gasteiger partial charge in [0, 0.05) is 12.6 Å². The van der Waals surface area contributed by atoms with E-state index in [1.165, 1.54) is 12.3 Å². The third kappa shape index (κ3) is 5.09. The molecule has 2 amide bonds. The summed E-state index contributed by atoms with van der Waals surface area (Å²) in [6, 6.07) is 2.49. The van der Waals surface area contributed by atoms with Gasteiger partial charge in [0.05, 0.1) is 6.26 Å². The lowest BCUT2D eigenvalue weighted by atomic mass is 10.00. The Bertz CT molecular complexity index is 611. The summed E-state index contributed by atoms with van der Waals surface area (Å²) in [6.07, 6.45) is 5.37. The van der Waals surface area contributed by atoms with Crippen LogP contribution in [0.25, 0.3) is 0 Å². The van der Waals surface area contributed by atoms with Crippen LogP contribution in [0.5, 0.6) is 0 Å². The van der Waals surface area contributed by atoms with E-state index in [-0.39, 0.29) is 30.2 Å². The van der Waals surface area contributed by atoms with Gasteiger partial charge in [-0.2, -0.15) is 0 Å². The van der Waals surface area contributed by atoms with Crippen LogP contribution in [0.15, 0.2) is 22.8 Å². The monoisotopic (exact) mass is 364 g/mol. The van der Waals surface area contributed by atoms with E-state index in [1.54, 1.807) is 19.9 Å². The Morgan fingerprint density at radius 2 is 2.12 bits per heavy atom. The maximum atomic E-state index is 12.4. The van der Waals surface area contributed by atoms with Crippen molar-refractivity contribution in [1.29, 1.82) is 0 Å². The number of rotatable bonds is 7. The number of piperidine rings is 1. The molecule has 1 aromatic rings. The highest BCUT2D eigenvalue weighted by atomic mass is 16.5. The second kappa shape index (κ2) is 9.40. The summed E-state index contributed by atoms with van der Waals surface area (Å²) in [7, 11) is 0. The van der Waals surface area contributed by atoms with Gasteiger partial charge in [-0.3, -0.25) is 9.59 Å². The highest BCUT2D eigenvalue weighted by Gasteiger charge is 2.30. The molecule has 0 aromatic carbocycles. The normalized spacial score (nSPS) is 18.5. The number of carbonyl (C=O) groups is 3. The lowest BCUT2D eigenvalue weighted by molar-refractivity contribution is -0.155. The molecule has 1 aromatic heterocycles. The van der Waals surface area contributed by atoms with Gasteiger partial charge in [0.15, 0.2) is 12.4 Å². The van der Waals surface area contributed by atoms with Crippen LogP contribution in [0.1, 0.15) is 57.0 Å². The van der Waals surface area contributed by atoms with Gasteiger partial charge >= 0.3 is 5.97 Å². The largest absolute Gasteiger partial charge is 0.459 e. The van der Waals surface area contributed by atoms with Crippen LogP contribution in [0, 0.1) is 5.92 Å². The Labute approximate surface area is 154 Å². The molecule has 2 heterocycles. The van der Waals surface area contributed by atoms with Crippen molar-refractivity contribution in [2.24, 2.45) is 5.92 Å². The number of nitrogens with one attached hydrogen (secondary N) is 1. The number of furan rings is 1. The Kier molecular flexibility index (Phi) is 7.24. The van der Waals surface area contributed by atoms with Crippen molar-refractivity contribution >= 4 is 17.8 Å². The van der Waals surface area contributed by atoms with E-state index < -0.39 is 17.9 Å². The van der Waals surface area contributed by atoms with Gasteiger partial charge in [-0.15, -0.1) is 0 Å². The molecule has 0 aliphatic carbocycles. The van der Waals surface area contributed by atoms with Crippen molar-refractivity contribution in [2.75, 3.05) is 13.2 Å². The molecule has 0 radical (unpaired) electrons. The maximum Gasteiger partial charge on any atom is 0.329 e. The van der Waals surface area contributed by atoms with E-state index in [0.717, 1.165) is 25.7 Å². The number of hydrogen-bond acceptors (Lipinski definition) is 5. The second-order valence-corrected chi connectivity index (χ2v) is 6.93. The van der Waals surface area contributed by atoms with Crippen LogP contribution >= 0.6 is 0 Å². The van der Waals surface area contributed by atoms with E-state index >= 15 is 0 Å². The van der Waals surface area contributed by atoms with Crippen molar-refractivity contribution in [3.63, 3.8) is 0 Å². The zero-order chi connectivity index (χ0) is 19.1. The van der Waals surface area contributed by atoms with Gasteiger partial charge in [-0.25, -0.2) is 4.79 Å². The fourth-order valence-corrected chi connectivity index (χ4v) is 3.18. The second-order valence-electron chi connectivity index (χ2n) is 6.93. The molecule has 1 aliphatic rings. The summed E-state index contributed by atoms with van der Waals surface area (Å²) in [6.45, 7) is 6.07. The molecule has 1 N–H and O–H groups in total. The fourth-order valence-electron chi connectivity index (χ4n) is 3.18. The van der Waals surface area contributed by atoms with Crippen LogP contribution in [0.3, 0.4) is 0 Å². The quantitative estimate of drug-likeness (QED) is 0.750. The van der Waals surface area contributed by atoms with Gasteiger partial charge < -0.3 is 19.4 Å². The number of carbonyl (C=O) groups excluding carboxylic acids is 3. The number of amides is 2. The van der Waals surface area contributed by atoms with Crippen LogP contribution in [0.4, 0.5) is 0 Å². The van der Waals surface area contributed by atoms with Crippen molar-refractivity contribution in [1.82, 2.24) is 10.2 Å². The third-order valence-corrected chi connectivity index (χ3v) is 4.71. The number of likely N-dealkylation sites (tertiary alicyclic amines) is 1. The molecule has 2 atom stereocenters. The van der Waals surface area contributed by atoms with Crippen LogP contribution < -0.4 is 5.32 Å². The van der Waals surface area contributed by atoms with Crippen LogP contribution in [-0.2, 0) is 14.3 Å². The number of hydrogen-bond donors (Lipinski definition) is 1. The van der Waals surface area contributed by atoms with Gasteiger partial charge in [-0.1, -0.05) is 20.8 Å². The number of esters is 1. The van der Waals surface area contributed by atoms with Gasteiger partial charge in [0.2, 0.25) is 0 Å². The molecule has 26 heavy (non-hydrogen) atoms. The number of nitrogens with zero attached hydrogens (tertiary/aromatic N) is 1. The summed E-state index contributed by atoms with van der Waals surface area (Å²) in [4.78, 5) is 38.7. The van der Waals surface area contributed by atoms with Gasteiger partial charge in [0.25, 0.3) is 11.8 Å². The van der Waals surface area contributed by atoms with Gasteiger partial charge in [-0.05, 0) is 43.7 Å². The van der Waals surface area contributed by atoms with Crippen molar-refractivity contribution in [3.05, 3.63) is 24.2 Å². The van der Waals surface area contributed by atoms with E-state index in [9.17, 15) is 14.4 Å². The molecule has 7 heteroatoms. The third-order valence-electron chi connectivity index (χ3n) is 4.71. The highest BCUT2D eigenvalue weighted by molar-refractivity contribution is 5.94. The van der Waals surface area contributed by atoms with E-state index in [1.807, 2.05) is 4.90 Å². The Balaban J connectivity index is 1.90. The van der Waals surface area contributed by atoms with E-state index in [0.29, 0.717) is 6.54 Å². The standard InChI is InChI=1S/C19H28N2O5/c1-4-14-8-5-6-10-21(14)16(22)12-26-19(24)17(13(2)3)20-18(23)15-9-7-11-25-15/h7,9,11,13-14,17H,4-6,8,10,12H2,1-3H3,(H,20,23)/t14?,17-/m0/s1. The summed E-state index contributed by atoms with van der Waals surface area (Å²) in [5.74, 6) is -1.34. The predicted octanol–water partition coefficient (Wildman–Crippen LogP) is 2.37. The Morgan fingerprint density at radius 3 is 2.73 bits per heavy atom. The molecule has 144 valence electrons. The zero-order valence-electron chi connectivity index (χ0n) is 15.7. The highest BCUT2D eigenvalue weighted by Crippen LogP contribution is 2.19. The minimum Gasteiger partial charge on any atom is -0.459 e. The molecule has 1 saturated heterocycles. The van der Waals surface area contributed by atoms with Crippen molar-refractivity contribution < 1.29 is 23.5 Å². The minimum absolute atomic E-state index is 0.124. The first kappa shape index (κ1) is 20.0. The SMILES string of the molecule is CCC1CCCCN1C(=O)COC(=O)[C@@H](NC(=O)c1ccco1)C(C)C. The molecule has 0 bridgehead atoms. The summed E-state index contributed by atoms with van der Waals surface area (Å²) >= 11 is 0. The topological polar surface area (TPSA) is 88.9 Å². The van der Waals surface area contributed by atoms with E-state index in [2.05, 4.69) is 12.2 Å². The first-order valence-corrected chi connectivity index (χ1v) is 9.24. The lowest BCUT2D eigenvalue weighted by Gasteiger charge is -2.35. The molecule has 0 spiro atoms. The first-order valence-electron chi connectivity index (χ1n) is 9.24. The molecular formula is C19H28N2O5. The van der Waals surface area contributed by atoms with E-state index in [4.69, 9.17) is 9.15 Å². The molecule has 0 saturated carbocycles. The molecule has 7 nitrogen and oxygen atoms in total. The maximum absolute atomic E-state index is 12.4. The average molecular weight is 364 g/mol. The Morgan fingerprint density at radius 1 is 1.35 bits per heavy atom. The molecule has 1 fully saturated rings. The lowest BCUT2D eigenvalue weighted by Crippen LogP contribution is -2.48. The molecule has 2 rings (SSSR count).